The van der Waals surface area contributed by atoms with Crippen molar-refractivity contribution in [1.29, 1.82) is 0 Å². The van der Waals surface area contributed by atoms with Crippen LogP contribution in [0.25, 0.3) is 0 Å². The summed E-state index contributed by atoms with van der Waals surface area (Å²) >= 11 is 0. The summed E-state index contributed by atoms with van der Waals surface area (Å²) in [6, 6.07) is 36.7. The molecule has 6 nitrogen and oxygen atoms in total. The summed E-state index contributed by atoms with van der Waals surface area (Å²) in [5, 5.41) is 0. The lowest BCUT2D eigenvalue weighted by Gasteiger charge is -2.40. The van der Waals surface area contributed by atoms with Gasteiger partial charge in [0.25, 0.3) is 10.0 Å². The molecular weight excluding hydrogens is 530 g/mol. The lowest BCUT2D eigenvalue weighted by molar-refractivity contribution is -0.131. The van der Waals surface area contributed by atoms with Crippen LogP contribution in [-0.2, 0) is 14.8 Å². The molecule has 1 aliphatic heterocycles. The van der Waals surface area contributed by atoms with Gasteiger partial charge in [-0.1, -0.05) is 105 Å². The van der Waals surface area contributed by atoms with Gasteiger partial charge in [0.15, 0.2) is 0 Å². The maximum absolute atomic E-state index is 13.8. The van der Waals surface area contributed by atoms with Crippen LogP contribution in [0.15, 0.2) is 120 Å². The molecule has 41 heavy (non-hydrogen) atoms. The summed E-state index contributed by atoms with van der Waals surface area (Å²) < 4.78 is 28.8. The van der Waals surface area contributed by atoms with Crippen molar-refractivity contribution in [1.82, 2.24) is 9.80 Å². The second-order valence-corrected chi connectivity index (χ2v) is 12.6. The van der Waals surface area contributed by atoms with Gasteiger partial charge in [0.1, 0.15) is 6.54 Å². The van der Waals surface area contributed by atoms with E-state index in [1.807, 2.05) is 24.3 Å². The van der Waals surface area contributed by atoms with Crippen molar-refractivity contribution in [2.45, 2.75) is 30.7 Å². The Morgan fingerprint density at radius 3 is 1.66 bits per heavy atom. The Kier molecular flexibility index (Phi) is 8.86. The van der Waals surface area contributed by atoms with E-state index in [0.717, 1.165) is 5.56 Å². The molecule has 0 saturated carbocycles. The molecule has 0 aromatic heterocycles. The number of sulfonamides is 1. The summed E-state index contributed by atoms with van der Waals surface area (Å²) in [6.45, 7) is 6.37. The number of amides is 1. The quantitative estimate of drug-likeness (QED) is 0.251. The van der Waals surface area contributed by atoms with Crippen LogP contribution in [-0.4, -0.2) is 56.8 Å². The van der Waals surface area contributed by atoms with Crippen molar-refractivity contribution in [2.24, 2.45) is 0 Å². The van der Waals surface area contributed by atoms with Gasteiger partial charge in [0.2, 0.25) is 5.91 Å². The lowest BCUT2D eigenvalue weighted by Crippen LogP contribution is -2.52. The Morgan fingerprint density at radius 2 is 1.17 bits per heavy atom. The zero-order chi connectivity index (χ0) is 28.8. The molecule has 1 heterocycles. The maximum atomic E-state index is 13.8. The third-order valence-corrected chi connectivity index (χ3v) is 9.51. The summed E-state index contributed by atoms with van der Waals surface area (Å²) in [5.41, 5.74) is 4.02. The largest absolute Gasteiger partial charge is 0.339 e. The van der Waals surface area contributed by atoms with E-state index in [9.17, 15) is 13.2 Å². The van der Waals surface area contributed by atoms with Gasteiger partial charge in [-0.25, -0.2) is 8.42 Å². The molecule has 7 heteroatoms. The number of benzene rings is 4. The molecule has 5 rings (SSSR count). The number of nitrogens with zero attached hydrogens (tertiary/aromatic N) is 3. The van der Waals surface area contributed by atoms with Crippen LogP contribution >= 0.6 is 0 Å². The number of hydrogen-bond donors (Lipinski definition) is 0. The Labute approximate surface area is 243 Å². The van der Waals surface area contributed by atoms with E-state index in [2.05, 4.69) is 67.3 Å². The molecule has 0 bridgehead atoms. The minimum absolute atomic E-state index is 0.0871. The molecule has 4 aromatic carbocycles. The lowest BCUT2D eigenvalue weighted by atomic mass is 9.96. The minimum Gasteiger partial charge on any atom is -0.339 e. The smallest absolute Gasteiger partial charge is 0.264 e. The highest BCUT2D eigenvalue weighted by Gasteiger charge is 2.32. The zero-order valence-corrected chi connectivity index (χ0v) is 24.5. The standard InChI is InChI=1S/C34H37N3O3S/c1-27(2)28-18-20-31(21-19-28)37(41(39,40)32-16-10-5-11-17-32)26-33(38)35-22-24-36(25-23-35)34(29-12-6-3-7-13-29)30-14-8-4-9-15-30/h3-21,27,34H,22-26H2,1-2H3. The van der Waals surface area contributed by atoms with Gasteiger partial charge < -0.3 is 4.90 Å². The monoisotopic (exact) mass is 567 g/mol. The van der Waals surface area contributed by atoms with Crippen molar-refractivity contribution in [2.75, 3.05) is 37.0 Å². The average Bonchev–Trinajstić information content (AvgIpc) is 3.02. The van der Waals surface area contributed by atoms with Gasteiger partial charge >= 0.3 is 0 Å². The van der Waals surface area contributed by atoms with E-state index < -0.39 is 10.0 Å². The molecule has 1 aliphatic rings. The van der Waals surface area contributed by atoms with Gasteiger partial charge in [-0.05, 0) is 46.9 Å². The van der Waals surface area contributed by atoms with Crippen LogP contribution in [0.1, 0.15) is 42.5 Å². The highest BCUT2D eigenvalue weighted by atomic mass is 32.2. The second-order valence-electron chi connectivity index (χ2n) is 10.7. The van der Waals surface area contributed by atoms with Crippen LogP contribution in [0.4, 0.5) is 5.69 Å². The Bertz CT molecular complexity index is 1480. The molecular formula is C34H37N3O3S. The van der Waals surface area contributed by atoms with Gasteiger partial charge in [0, 0.05) is 26.2 Å². The van der Waals surface area contributed by atoms with Crippen molar-refractivity contribution in [3.05, 3.63) is 132 Å². The molecule has 0 spiro atoms. The van der Waals surface area contributed by atoms with E-state index >= 15 is 0 Å². The van der Waals surface area contributed by atoms with E-state index in [4.69, 9.17) is 0 Å². The van der Waals surface area contributed by atoms with Crippen molar-refractivity contribution in [3.63, 3.8) is 0 Å². The van der Waals surface area contributed by atoms with E-state index in [1.165, 1.54) is 15.4 Å². The summed E-state index contributed by atoms with van der Waals surface area (Å²) in [7, 11) is -3.94. The van der Waals surface area contributed by atoms with Crippen LogP contribution in [0.2, 0.25) is 0 Å². The molecule has 1 amide bonds. The number of anilines is 1. The Hall–Kier alpha value is -3.94. The molecule has 0 radical (unpaired) electrons. The number of piperazine rings is 1. The number of hydrogen-bond acceptors (Lipinski definition) is 4. The van der Waals surface area contributed by atoms with Crippen molar-refractivity contribution < 1.29 is 13.2 Å². The van der Waals surface area contributed by atoms with Crippen molar-refractivity contribution >= 4 is 21.6 Å². The fourth-order valence-electron chi connectivity index (χ4n) is 5.40. The molecule has 0 atom stereocenters. The first-order valence-corrected chi connectivity index (χ1v) is 15.6. The third-order valence-electron chi connectivity index (χ3n) is 7.72. The topological polar surface area (TPSA) is 60.9 Å². The Balaban J connectivity index is 1.35. The Morgan fingerprint density at radius 1 is 0.683 bits per heavy atom. The van der Waals surface area contributed by atoms with Crippen LogP contribution < -0.4 is 4.31 Å². The summed E-state index contributed by atoms with van der Waals surface area (Å²) in [5.74, 6) is 0.116. The highest BCUT2D eigenvalue weighted by molar-refractivity contribution is 7.92. The summed E-state index contributed by atoms with van der Waals surface area (Å²) in [6.07, 6.45) is 0. The van der Waals surface area contributed by atoms with Crippen LogP contribution in [0.3, 0.4) is 0 Å². The second kappa shape index (κ2) is 12.7. The third kappa shape index (κ3) is 6.53. The minimum atomic E-state index is -3.94. The van der Waals surface area contributed by atoms with E-state index in [0.29, 0.717) is 37.8 Å². The number of rotatable bonds is 9. The van der Waals surface area contributed by atoms with Gasteiger partial charge in [-0.15, -0.1) is 0 Å². The van der Waals surface area contributed by atoms with Gasteiger partial charge in [0.05, 0.1) is 16.6 Å². The molecule has 0 N–H and O–H groups in total. The fraction of sp³-hybridized carbons (Fsp3) is 0.265. The molecule has 212 valence electrons. The summed E-state index contributed by atoms with van der Waals surface area (Å²) in [4.78, 5) is 18.0. The normalized spacial score (nSPS) is 14.4. The fourth-order valence-corrected chi connectivity index (χ4v) is 6.83. The van der Waals surface area contributed by atoms with Gasteiger partial charge in [-0.2, -0.15) is 0 Å². The van der Waals surface area contributed by atoms with Gasteiger partial charge in [-0.3, -0.25) is 14.0 Å². The number of carbonyl (C=O) groups is 1. The first-order chi connectivity index (χ1) is 19.8. The average molecular weight is 568 g/mol. The molecule has 4 aromatic rings. The first kappa shape index (κ1) is 28.6. The van der Waals surface area contributed by atoms with Crippen LogP contribution in [0.5, 0.6) is 0 Å². The predicted octanol–water partition coefficient (Wildman–Crippen LogP) is 5.94. The molecule has 0 aliphatic carbocycles. The van der Waals surface area contributed by atoms with E-state index in [1.54, 1.807) is 47.4 Å². The highest BCUT2D eigenvalue weighted by Crippen LogP contribution is 2.30. The zero-order valence-electron chi connectivity index (χ0n) is 23.6. The van der Waals surface area contributed by atoms with Crippen LogP contribution in [0, 0.1) is 0 Å². The molecule has 0 unspecified atom stereocenters. The van der Waals surface area contributed by atoms with E-state index in [-0.39, 0.29) is 23.4 Å². The number of carbonyl (C=O) groups excluding carboxylic acids is 1. The maximum Gasteiger partial charge on any atom is 0.264 e. The molecule has 1 saturated heterocycles. The SMILES string of the molecule is CC(C)c1ccc(N(CC(=O)N2CCN(C(c3ccccc3)c3ccccc3)CC2)S(=O)(=O)c2ccccc2)cc1. The van der Waals surface area contributed by atoms with Crippen molar-refractivity contribution in [3.8, 4) is 0 Å². The predicted molar refractivity (Wildman–Crippen MR) is 164 cm³/mol. The first-order valence-electron chi connectivity index (χ1n) is 14.1. The molecule has 1 fully saturated rings.